The van der Waals surface area contributed by atoms with E-state index in [1.54, 1.807) is 31.2 Å². The van der Waals surface area contributed by atoms with E-state index in [1.807, 2.05) is 6.07 Å². The maximum atomic E-state index is 13.7. The molecule has 1 aliphatic heterocycles. The van der Waals surface area contributed by atoms with Gasteiger partial charge in [0.2, 0.25) is 5.91 Å². The second-order valence-corrected chi connectivity index (χ2v) is 5.44. The van der Waals surface area contributed by atoms with Crippen LogP contribution in [0.3, 0.4) is 0 Å². The van der Waals surface area contributed by atoms with Crippen LogP contribution in [-0.4, -0.2) is 23.6 Å². The molecule has 1 saturated heterocycles. The second kappa shape index (κ2) is 5.28. The zero-order valence-corrected chi connectivity index (χ0v) is 11.9. The van der Waals surface area contributed by atoms with Gasteiger partial charge in [0, 0.05) is 13.0 Å². The molecule has 1 heterocycles. The van der Waals surface area contributed by atoms with Gasteiger partial charge in [-0.1, -0.05) is 36.4 Å². The number of nitrogens with zero attached hydrogens (tertiary/aromatic N) is 1. The number of benzene rings is 2. The summed E-state index contributed by atoms with van der Waals surface area (Å²) < 4.78 is 41.0. The van der Waals surface area contributed by atoms with Crippen LogP contribution in [0.5, 0.6) is 0 Å². The minimum Gasteiger partial charge on any atom is -0.288 e. The highest BCUT2D eigenvalue weighted by Gasteiger charge is 2.47. The Kier molecular flexibility index (Phi) is 3.56. The first-order valence-electron chi connectivity index (χ1n) is 6.99. The molecule has 0 bridgehead atoms. The Morgan fingerprint density at radius 1 is 1.18 bits per heavy atom. The molecular weight excluding hydrogens is 293 g/mol. The predicted octanol–water partition coefficient (Wildman–Crippen LogP) is 3.49. The summed E-state index contributed by atoms with van der Waals surface area (Å²) in [5, 5.41) is 2.34. The molecule has 0 radical (unpaired) electrons. The van der Waals surface area contributed by atoms with Crippen LogP contribution in [-0.2, 0) is 4.79 Å². The third kappa shape index (κ3) is 2.54. The normalized spacial score (nSPS) is 17.7. The van der Waals surface area contributed by atoms with Crippen molar-refractivity contribution in [2.45, 2.75) is 25.6 Å². The van der Waals surface area contributed by atoms with Crippen LogP contribution in [0, 0.1) is 6.92 Å². The van der Waals surface area contributed by atoms with Crippen molar-refractivity contribution < 1.29 is 18.0 Å². The first-order valence-corrected chi connectivity index (χ1v) is 6.99. The number of nitrogens with one attached hydrogen (secondary N) is 1. The van der Waals surface area contributed by atoms with E-state index in [4.69, 9.17) is 0 Å². The largest absolute Gasteiger partial charge is 0.409 e. The molecule has 0 spiro atoms. The van der Waals surface area contributed by atoms with Gasteiger partial charge >= 0.3 is 6.18 Å². The first-order chi connectivity index (χ1) is 10.4. The van der Waals surface area contributed by atoms with Gasteiger partial charge in [-0.25, -0.2) is 5.01 Å². The Morgan fingerprint density at radius 3 is 2.45 bits per heavy atom. The van der Waals surface area contributed by atoms with Crippen LogP contribution in [0.2, 0.25) is 0 Å². The zero-order chi connectivity index (χ0) is 15.9. The van der Waals surface area contributed by atoms with Crippen LogP contribution in [0.15, 0.2) is 36.4 Å². The minimum absolute atomic E-state index is 0.0469. The number of carbonyl (C=O) groups is 1. The Bertz CT molecular complexity index is 722. The topological polar surface area (TPSA) is 32.3 Å². The number of alkyl halides is 3. The maximum absolute atomic E-state index is 13.7. The quantitative estimate of drug-likeness (QED) is 0.921. The van der Waals surface area contributed by atoms with Crippen molar-refractivity contribution in [1.82, 2.24) is 10.4 Å². The van der Waals surface area contributed by atoms with Crippen molar-refractivity contribution in [2.75, 3.05) is 6.54 Å². The van der Waals surface area contributed by atoms with Gasteiger partial charge in [-0.05, 0) is 28.8 Å². The van der Waals surface area contributed by atoms with Crippen molar-refractivity contribution in [3.8, 4) is 0 Å². The van der Waals surface area contributed by atoms with E-state index in [2.05, 4.69) is 5.43 Å². The van der Waals surface area contributed by atoms with Gasteiger partial charge in [-0.2, -0.15) is 13.2 Å². The van der Waals surface area contributed by atoms with Gasteiger partial charge in [0.05, 0.1) is 0 Å². The van der Waals surface area contributed by atoms with E-state index in [0.29, 0.717) is 5.39 Å². The fourth-order valence-corrected chi connectivity index (χ4v) is 3.00. The molecule has 1 fully saturated rings. The molecule has 0 aliphatic carbocycles. The molecule has 1 amide bonds. The molecule has 2 aromatic carbocycles. The molecule has 0 saturated carbocycles. The van der Waals surface area contributed by atoms with Gasteiger partial charge in [0.25, 0.3) is 0 Å². The molecule has 3 nitrogen and oxygen atoms in total. The molecule has 1 aliphatic rings. The van der Waals surface area contributed by atoms with Crippen molar-refractivity contribution in [3.63, 3.8) is 0 Å². The smallest absolute Gasteiger partial charge is 0.288 e. The average Bonchev–Trinajstić information content (AvgIpc) is 2.84. The first kappa shape index (κ1) is 14.8. The van der Waals surface area contributed by atoms with Crippen LogP contribution in [0.25, 0.3) is 10.8 Å². The summed E-state index contributed by atoms with van der Waals surface area (Å²) >= 11 is 0. The molecule has 6 heteroatoms. The number of amides is 1. The molecule has 1 unspecified atom stereocenters. The Hall–Kier alpha value is -2.08. The van der Waals surface area contributed by atoms with E-state index in [9.17, 15) is 18.0 Å². The third-order valence-corrected chi connectivity index (χ3v) is 3.91. The predicted molar refractivity (Wildman–Crippen MR) is 76.9 cm³/mol. The molecular formula is C16H15F3N2O. The molecule has 0 aromatic heterocycles. The Balaban J connectivity index is 2.19. The number of carbonyl (C=O) groups excluding carboxylic acids is 1. The van der Waals surface area contributed by atoms with Gasteiger partial charge in [-0.15, -0.1) is 0 Å². The summed E-state index contributed by atoms with van der Waals surface area (Å²) in [6.45, 7) is 1.84. The highest BCUT2D eigenvalue weighted by Crippen LogP contribution is 2.41. The lowest BCUT2D eigenvalue weighted by Gasteiger charge is -2.30. The average molecular weight is 308 g/mol. The van der Waals surface area contributed by atoms with Crippen molar-refractivity contribution >= 4 is 16.7 Å². The Labute approximate surface area is 125 Å². The molecule has 3 rings (SSSR count). The van der Waals surface area contributed by atoms with Crippen LogP contribution in [0.1, 0.15) is 23.6 Å². The number of hydrogen-bond donors (Lipinski definition) is 1. The monoisotopic (exact) mass is 308 g/mol. The number of halogens is 3. The van der Waals surface area contributed by atoms with E-state index < -0.39 is 12.2 Å². The molecule has 22 heavy (non-hydrogen) atoms. The third-order valence-electron chi connectivity index (χ3n) is 3.91. The molecule has 2 aromatic rings. The zero-order valence-electron chi connectivity index (χ0n) is 11.9. The van der Waals surface area contributed by atoms with E-state index in [0.717, 1.165) is 16.0 Å². The Morgan fingerprint density at radius 2 is 1.86 bits per heavy atom. The van der Waals surface area contributed by atoms with Crippen LogP contribution < -0.4 is 5.43 Å². The summed E-state index contributed by atoms with van der Waals surface area (Å²) in [5.74, 6) is -0.383. The van der Waals surface area contributed by atoms with Crippen LogP contribution >= 0.6 is 0 Å². The van der Waals surface area contributed by atoms with E-state index >= 15 is 0 Å². The molecule has 116 valence electrons. The van der Waals surface area contributed by atoms with Gasteiger partial charge in [-0.3, -0.25) is 10.2 Å². The minimum atomic E-state index is -4.48. The number of hydrazine groups is 1. The number of fused-ring (bicyclic) bond motifs is 1. The highest BCUT2D eigenvalue weighted by atomic mass is 19.4. The SMILES string of the molecule is Cc1cccc2cccc(C(N3CCC(=O)N3)C(F)(F)F)c12. The lowest BCUT2D eigenvalue weighted by atomic mass is 9.94. The van der Waals surface area contributed by atoms with Gasteiger partial charge in [0.15, 0.2) is 6.04 Å². The van der Waals surface area contributed by atoms with Gasteiger partial charge in [0.1, 0.15) is 0 Å². The summed E-state index contributed by atoms with van der Waals surface area (Å²) in [7, 11) is 0. The standard InChI is InChI=1S/C16H15F3N2O/c1-10-4-2-5-11-6-3-7-12(14(10)11)15(16(17,18)19)21-9-8-13(22)20-21/h2-7,15H,8-9H2,1H3,(H,20,22). The summed E-state index contributed by atoms with van der Waals surface area (Å²) in [4.78, 5) is 11.3. The van der Waals surface area contributed by atoms with E-state index in [1.165, 1.54) is 6.07 Å². The maximum Gasteiger partial charge on any atom is 0.409 e. The van der Waals surface area contributed by atoms with Crippen molar-refractivity contribution in [3.05, 3.63) is 47.5 Å². The fourth-order valence-electron chi connectivity index (χ4n) is 3.00. The second-order valence-electron chi connectivity index (χ2n) is 5.44. The number of hydrogen-bond acceptors (Lipinski definition) is 2. The number of rotatable bonds is 2. The fraction of sp³-hybridized carbons (Fsp3) is 0.312. The van der Waals surface area contributed by atoms with Gasteiger partial charge < -0.3 is 0 Å². The molecule has 1 N–H and O–H groups in total. The van der Waals surface area contributed by atoms with Crippen LogP contribution in [0.4, 0.5) is 13.2 Å². The van der Waals surface area contributed by atoms with Crippen molar-refractivity contribution in [2.24, 2.45) is 0 Å². The number of aryl methyl sites for hydroxylation is 1. The lowest BCUT2D eigenvalue weighted by molar-refractivity contribution is -0.190. The lowest BCUT2D eigenvalue weighted by Crippen LogP contribution is -2.43. The van der Waals surface area contributed by atoms with Crippen molar-refractivity contribution in [1.29, 1.82) is 0 Å². The molecule has 1 atom stereocenters. The summed E-state index contributed by atoms with van der Waals surface area (Å²) in [5.41, 5.74) is 3.27. The summed E-state index contributed by atoms with van der Waals surface area (Å²) in [6, 6.07) is 8.46. The highest BCUT2D eigenvalue weighted by molar-refractivity contribution is 5.89. The summed E-state index contributed by atoms with van der Waals surface area (Å²) in [6.07, 6.45) is -4.40. The van der Waals surface area contributed by atoms with E-state index in [-0.39, 0.29) is 24.4 Å².